The van der Waals surface area contributed by atoms with Crippen LogP contribution in [-0.4, -0.2) is 42.0 Å². The highest BCUT2D eigenvalue weighted by Gasteiger charge is 2.31. The molecule has 1 saturated heterocycles. The first-order valence-electron chi connectivity index (χ1n) is 8.99. The molecule has 2 heterocycles. The number of carbonyl (C=O) groups excluding carboxylic acids is 1. The molecule has 26 heavy (non-hydrogen) atoms. The average molecular weight is 465 g/mol. The van der Waals surface area contributed by atoms with Gasteiger partial charge in [-0.2, -0.15) is 0 Å². The Hall–Kier alpha value is -1.70. The summed E-state index contributed by atoms with van der Waals surface area (Å²) < 4.78 is 14.9. The van der Waals surface area contributed by atoms with E-state index in [1.54, 1.807) is 17.0 Å². The first-order chi connectivity index (χ1) is 12.5. The van der Waals surface area contributed by atoms with Gasteiger partial charge in [-0.3, -0.25) is 4.79 Å². The third kappa shape index (κ3) is 3.56. The Balaban J connectivity index is 1.47. The van der Waals surface area contributed by atoms with Crippen LogP contribution in [0, 0.1) is 16.3 Å². The van der Waals surface area contributed by atoms with Gasteiger partial charge in [-0.15, -0.1) is 0 Å². The molecular formula is C20H21FIN3O. The molecule has 6 heteroatoms. The predicted octanol–water partition coefficient (Wildman–Crippen LogP) is 3.97. The first kappa shape index (κ1) is 17.7. The normalized spacial score (nSPS) is 17.5. The molecule has 0 radical (unpaired) electrons. The van der Waals surface area contributed by atoms with Crippen molar-refractivity contribution in [3.63, 3.8) is 0 Å². The number of aromatic nitrogens is 1. The molecule has 4 rings (SSSR count). The molecule has 2 aliphatic rings. The average Bonchev–Trinajstić information content (AvgIpc) is 3.46. The van der Waals surface area contributed by atoms with E-state index in [2.05, 4.69) is 22.9 Å². The molecule has 1 aliphatic heterocycles. The quantitative estimate of drug-likeness (QED) is 0.644. The maximum atomic E-state index is 14.1. The number of amides is 1. The van der Waals surface area contributed by atoms with Crippen LogP contribution in [0.4, 0.5) is 10.2 Å². The van der Waals surface area contributed by atoms with Gasteiger partial charge in [0.1, 0.15) is 11.6 Å². The number of anilines is 1. The Bertz CT molecular complexity index is 845. The third-order valence-electron chi connectivity index (χ3n) is 5.08. The lowest BCUT2D eigenvalue weighted by atomic mass is 10.1. The van der Waals surface area contributed by atoms with Crippen molar-refractivity contribution in [1.82, 2.24) is 9.88 Å². The molecule has 1 aromatic carbocycles. The van der Waals surface area contributed by atoms with Gasteiger partial charge in [0.25, 0.3) is 5.91 Å². The molecule has 0 atom stereocenters. The maximum Gasteiger partial charge on any atom is 0.256 e. The molecule has 0 unspecified atom stereocenters. The molecule has 136 valence electrons. The lowest BCUT2D eigenvalue weighted by molar-refractivity contribution is 0.0741. The second-order valence-electron chi connectivity index (χ2n) is 7.10. The lowest BCUT2D eigenvalue weighted by Crippen LogP contribution is -2.49. The van der Waals surface area contributed by atoms with Crippen LogP contribution in [0.1, 0.15) is 40.2 Å². The van der Waals surface area contributed by atoms with E-state index >= 15 is 0 Å². The summed E-state index contributed by atoms with van der Waals surface area (Å²) in [6, 6.07) is 7.00. The summed E-state index contributed by atoms with van der Waals surface area (Å²) in [5.41, 5.74) is 2.69. The Morgan fingerprint density at radius 3 is 2.58 bits per heavy atom. The third-order valence-corrected chi connectivity index (χ3v) is 5.75. The van der Waals surface area contributed by atoms with E-state index in [1.807, 2.05) is 28.8 Å². The number of aryl methyl sites for hydroxylation is 1. The van der Waals surface area contributed by atoms with Crippen LogP contribution in [0.3, 0.4) is 0 Å². The van der Waals surface area contributed by atoms with Crippen molar-refractivity contribution in [3.05, 3.63) is 56.5 Å². The second kappa shape index (κ2) is 7.13. The maximum absolute atomic E-state index is 14.1. The fourth-order valence-electron chi connectivity index (χ4n) is 3.50. The van der Waals surface area contributed by atoms with E-state index in [1.165, 1.54) is 30.0 Å². The molecule has 0 spiro atoms. The number of piperazine rings is 1. The molecule has 1 aromatic heterocycles. The standard InChI is InChI=1S/C20H21FIN3O/c1-13-10-17(14-2-3-14)19(23-12-13)24-6-8-25(9-7-24)20(26)16-5-4-15(22)11-18(16)21/h4-5,10-12,14H,2-3,6-9H2,1H3. The van der Waals surface area contributed by atoms with Crippen LogP contribution < -0.4 is 4.90 Å². The highest BCUT2D eigenvalue weighted by atomic mass is 127. The van der Waals surface area contributed by atoms with E-state index in [0.29, 0.717) is 19.0 Å². The minimum atomic E-state index is -0.444. The van der Waals surface area contributed by atoms with Gasteiger partial charge in [0.05, 0.1) is 5.56 Å². The summed E-state index contributed by atoms with van der Waals surface area (Å²) in [5.74, 6) is 1.03. The molecule has 0 N–H and O–H groups in total. The molecular weight excluding hydrogens is 444 g/mol. The zero-order valence-electron chi connectivity index (χ0n) is 14.7. The van der Waals surface area contributed by atoms with Crippen molar-refractivity contribution in [1.29, 1.82) is 0 Å². The molecule has 1 amide bonds. The number of carbonyl (C=O) groups is 1. The van der Waals surface area contributed by atoms with Gasteiger partial charge in [-0.05, 0) is 77.6 Å². The summed E-state index contributed by atoms with van der Waals surface area (Å²) in [6.45, 7) is 4.71. The van der Waals surface area contributed by atoms with Gasteiger partial charge in [0, 0.05) is 35.9 Å². The van der Waals surface area contributed by atoms with Crippen molar-refractivity contribution < 1.29 is 9.18 Å². The van der Waals surface area contributed by atoms with Crippen molar-refractivity contribution in [3.8, 4) is 0 Å². The van der Waals surface area contributed by atoms with E-state index in [0.717, 1.165) is 22.5 Å². The van der Waals surface area contributed by atoms with Gasteiger partial charge in [0.15, 0.2) is 0 Å². The zero-order chi connectivity index (χ0) is 18.3. The lowest BCUT2D eigenvalue weighted by Gasteiger charge is -2.36. The topological polar surface area (TPSA) is 36.4 Å². The van der Waals surface area contributed by atoms with Crippen LogP contribution >= 0.6 is 22.6 Å². The second-order valence-corrected chi connectivity index (χ2v) is 8.35. The fraction of sp³-hybridized carbons (Fsp3) is 0.400. The number of hydrogen-bond donors (Lipinski definition) is 0. The summed E-state index contributed by atoms with van der Waals surface area (Å²) >= 11 is 2.05. The van der Waals surface area contributed by atoms with Gasteiger partial charge in [-0.1, -0.05) is 6.07 Å². The smallest absolute Gasteiger partial charge is 0.256 e. The van der Waals surface area contributed by atoms with Crippen molar-refractivity contribution in [2.24, 2.45) is 0 Å². The molecule has 2 fully saturated rings. The Labute approximate surface area is 166 Å². The molecule has 2 aromatic rings. The number of hydrogen-bond acceptors (Lipinski definition) is 3. The zero-order valence-corrected chi connectivity index (χ0v) is 16.9. The van der Waals surface area contributed by atoms with Gasteiger partial charge in [-0.25, -0.2) is 9.37 Å². The van der Waals surface area contributed by atoms with Crippen LogP contribution in [0.15, 0.2) is 30.5 Å². The van der Waals surface area contributed by atoms with Crippen molar-refractivity contribution in [2.75, 3.05) is 31.1 Å². The Morgan fingerprint density at radius 2 is 1.92 bits per heavy atom. The summed E-state index contributed by atoms with van der Waals surface area (Å²) in [4.78, 5) is 21.3. The fourth-order valence-corrected chi connectivity index (χ4v) is 3.95. The van der Waals surface area contributed by atoms with Crippen molar-refractivity contribution in [2.45, 2.75) is 25.7 Å². The SMILES string of the molecule is Cc1cnc(N2CCN(C(=O)c3ccc(I)cc3F)CC2)c(C2CC2)c1. The van der Waals surface area contributed by atoms with E-state index < -0.39 is 5.82 Å². The number of pyridine rings is 1. The summed E-state index contributed by atoms with van der Waals surface area (Å²) in [5, 5.41) is 0. The minimum Gasteiger partial charge on any atom is -0.353 e. The van der Waals surface area contributed by atoms with Crippen LogP contribution in [0.5, 0.6) is 0 Å². The predicted molar refractivity (Wildman–Crippen MR) is 108 cm³/mol. The summed E-state index contributed by atoms with van der Waals surface area (Å²) in [6.07, 6.45) is 4.39. The minimum absolute atomic E-state index is 0.158. The van der Waals surface area contributed by atoms with E-state index in [4.69, 9.17) is 0 Å². The first-order valence-corrected chi connectivity index (χ1v) is 10.1. The van der Waals surface area contributed by atoms with Crippen LogP contribution in [0.25, 0.3) is 0 Å². The largest absolute Gasteiger partial charge is 0.353 e. The number of halogens is 2. The van der Waals surface area contributed by atoms with Crippen LogP contribution in [0.2, 0.25) is 0 Å². The Morgan fingerprint density at radius 1 is 1.19 bits per heavy atom. The highest BCUT2D eigenvalue weighted by Crippen LogP contribution is 2.44. The molecule has 1 saturated carbocycles. The number of benzene rings is 1. The van der Waals surface area contributed by atoms with Gasteiger partial charge >= 0.3 is 0 Å². The van der Waals surface area contributed by atoms with E-state index in [9.17, 15) is 9.18 Å². The number of rotatable bonds is 3. The molecule has 4 nitrogen and oxygen atoms in total. The number of nitrogens with zero attached hydrogens (tertiary/aromatic N) is 3. The molecule has 0 bridgehead atoms. The highest BCUT2D eigenvalue weighted by molar-refractivity contribution is 14.1. The van der Waals surface area contributed by atoms with Gasteiger partial charge in [0.2, 0.25) is 0 Å². The summed E-state index contributed by atoms with van der Waals surface area (Å²) in [7, 11) is 0. The van der Waals surface area contributed by atoms with E-state index in [-0.39, 0.29) is 11.5 Å². The molecule has 1 aliphatic carbocycles. The van der Waals surface area contributed by atoms with Crippen molar-refractivity contribution >= 4 is 34.3 Å². The monoisotopic (exact) mass is 465 g/mol. The van der Waals surface area contributed by atoms with Gasteiger partial charge < -0.3 is 9.80 Å². The van der Waals surface area contributed by atoms with Crippen LogP contribution in [-0.2, 0) is 0 Å². The Kier molecular flexibility index (Phi) is 4.86.